The zero-order valence-corrected chi connectivity index (χ0v) is 15.4. The van der Waals surface area contributed by atoms with E-state index in [9.17, 15) is 4.79 Å². The van der Waals surface area contributed by atoms with Gasteiger partial charge in [-0.25, -0.2) is 9.50 Å². The molecule has 140 valence electrons. The molecule has 2 fully saturated rings. The van der Waals surface area contributed by atoms with E-state index in [4.69, 9.17) is 4.74 Å². The molecule has 0 bridgehead atoms. The van der Waals surface area contributed by atoms with Crippen LogP contribution in [0.25, 0.3) is 5.78 Å². The van der Waals surface area contributed by atoms with E-state index in [0.717, 1.165) is 18.8 Å². The van der Waals surface area contributed by atoms with Gasteiger partial charge in [-0.2, -0.15) is 10.1 Å². The quantitative estimate of drug-likeness (QED) is 0.885. The highest BCUT2D eigenvalue weighted by Gasteiger charge is 2.35. The van der Waals surface area contributed by atoms with E-state index in [1.807, 2.05) is 6.07 Å². The van der Waals surface area contributed by atoms with Crippen LogP contribution in [0.5, 0.6) is 0 Å². The summed E-state index contributed by atoms with van der Waals surface area (Å²) in [5.74, 6) is 0.496. The summed E-state index contributed by atoms with van der Waals surface area (Å²) in [5.41, 5.74) is 1.31. The van der Waals surface area contributed by atoms with Crippen LogP contribution < -0.4 is 5.32 Å². The van der Waals surface area contributed by atoms with Crippen molar-refractivity contribution in [1.29, 1.82) is 0 Å². The van der Waals surface area contributed by atoms with E-state index < -0.39 is 0 Å². The van der Waals surface area contributed by atoms with E-state index >= 15 is 0 Å². The maximum Gasteiger partial charge on any atom is 0.270 e. The molecule has 0 aromatic carbocycles. The lowest BCUT2D eigenvalue weighted by molar-refractivity contribution is 0.0895. The van der Waals surface area contributed by atoms with E-state index in [2.05, 4.69) is 39.1 Å². The highest BCUT2D eigenvalue weighted by atomic mass is 16.5. The molecule has 8 nitrogen and oxygen atoms in total. The third kappa shape index (κ3) is 3.31. The molecule has 2 aromatic rings. The van der Waals surface area contributed by atoms with E-state index in [1.54, 1.807) is 4.52 Å². The molecular formula is C18H26N6O2. The minimum atomic E-state index is -0.171. The smallest absolute Gasteiger partial charge is 0.270 e. The molecule has 1 amide bonds. The number of rotatable bonds is 4. The van der Waals surface area contributed by atoms with Crippen molar-refractivity contribution in [3.8, 4) is 0 Å². The maximum atomic E-state index is 12.9. The van der Waals surface area contributed by atoms with Gasteiger partial charge in [0.05, 0.1) is 31.0 Å². The molecule has 0 radical (unpaired) electrons. The van der Waals surface area contributed by atoms with Crippen molar-refractivity contribution in [2.24, 2.45) is 0 Å². The number of piperidine rings is 1. The van der Waals surface area contributed by atoms with Crippen molar-refractivity contribution in [3.63, 3.8) is 0 Å². The molecular weight excluding hydrogens is 332 g/mol. The molecule has 4 rings (SSSR count). The maximum absolute atomic E-state index is 12.9. The van der Waals surface area contributed by atoms with Crippen molar-refractivity contribution in [1.82, 2.24) is 29.8 Å². The summed E-state index contributed by atoms with van der Waals surface area (Å²) in [4.78, 5) is 23.9. The normalized spacial score (nSPS) is 24.4. The number of fused-ring (bicyclic) bond motifs is 1. The first-order chi connectivity index (χ1) is 12.6. The van der Waals surface area contributed by atoms with Crippen molar-refractivity contribution >= 4 is 11.7 Å². The van der Waals surface area contributed by atoms with Crippen LogP contribution in [0.1, 0.15) is 55.2 Å². The SMILES string of the molecule is CC(C)c1cc(C(=O)N[C@H]2COC[C@@H]2N2CCCCC2)nc2ncnn12. The molecule has 0 aliphatic carbocycles. The van der Waals surface area contributed by atoms with Gasteiger partial charge in [0.2, 0.25) is 0 Å². The number of ether oxygens (including phenoxy) is 1. The molecule has 4 heterocycles. The Morgan fingerprint density at radius 1 is 1.27 bits per heavy atom. The second-order valence-electron chi connectivity index (χ2n) is 7.47. The lowest BCUT2D eigenvalue weighted by Gasteiger charge is -2.34. The Morgan fingerprint density at radius 2 is 2.08 bits per heavy atom. The summed E-state index contributed by atoms with van der Waals surface area (Å²) >= 11 is 0. The number of carbonyl (C=O) groups excluding carboxylic acids is 1. The van der Waals surface area contributed by atoms with Crippen LogP contribution in [-0.2, 0) is 4.74 Å². The number of carbonyl (C=O) groups is 1. The zero-order chi connectivity index (χ0) is 18.1. The number of hydrogen-bond donors (Lipinski definition) is 1. The van der Waals surface area contributed by atoms with Crippen molar-refractivity contribution in [2.45, 2.75) is 51.1 Å². The Kier molecular flexibility index (Phi) is 4.86. The number of likely N-dealkylation sites (tertiary alicyclic amines) is 1. The Balaban J connectivity index is 1.53. The fourth-order valence-electron chi connectivity index (χ4n) is 3.90. The molecule has 0 saturated carbocycles. The Bertz CT molecular complexity index is 783. The average molecular weight is 358 g/mol. The fraction of sp³-hybridized carbons (Fsp3) is 0.667. The van der Waals surface area contributed by atoms with Gasteiger partial charge < -0.3 is 10.1 Å². The molecule has 2 aliphatic rings. The minimum absolute atomic E-state index is 0.000929. The van der Waals surface area contributed by atoms with Gasteiger partial charge in [-0.05, 0) is 37.9 Å². The Hall–Kier alpha value is -2.06. The number of amides is 1. The third-order valence-corrected chi connectivity index (χ3v) is 5.33. The number of nitrogens with zero attached hydrogens (tertiary/aromatic N) is 5. The number of hydrogen-bond acceptors (Lipinski definition) is 6. The second kappa shape index (κ2) is 7.28. The van der Waals surface area contributed by atoms with Gasteiger partial charge in [0, 0.05) is 0 Å². The van der Waals surface area contributed by atoms with Crippen LogP contribution in [0.4, 0.5) is 0 Å². The van der Waals surface area contributed by atoms with Crippen molar-refractivity contribution < 1.29 is 9.53 Å². The predicted octanol–water partition coefficient (Wildman–Crippen LogP) is 1.23. The monoisotopic (exact) mass is 358 g/mol. The molecule has 2 aliphatic heterocycles. The van der Waals surface area contributed by atoms with Gasteiger partial charge in [0.1, 0.15) is 12.0 Å². The minimum Gasteiger partial charge on any atom is -0.378 e. The highest BCUT2D eigenvalue weighted by Crippen LogP contribution is 2.20. The number of nitrogens with one attached hydrogen (secondary N) is 1. The van der Waals surface area contributed by atoms with Crippen LogP contribution in [-0.4, -0.2) is 68.8 Å². The van der Waals surface area contributed by atoms with Gasteiger partial charge in [0.15, 0.2) is 0 Å². The lowest BCUT2D eigenvalue weighted by atomic mass is 10.0. The standard InChI is InChI=1S/C18H26N6O2/c1-12(2)15-8-13(22-18-19-11-20-24(15)18)17(25)21-14-9-26-10-16(14)23-6-4-3-5-7-23/h8,11-12,14,16H,3-7,9-10H2,1-2H3,(H,21,25)/t14-,16-/m0/s1. The molecule has 2 atom stereocenters. The molecule has 8 heteroatoms. The number of aromatic nitrogens is 4. The van der Waals surface area contributed by atoms with Crippen molar-refractivity contribution in [2.75, 3.05) is 26.3 Å². The average Bonchev–Trinajstić information content (AvgIpc) is 3.30. The molecule has 2 saturated heterocycles. The molecule has 1 N–H and O–H groups in total. The first-order valence-corrected chi connectivity index (χ1v) is 9.47. The lowest BCUT2D eigenvalue weighted by Crippen LogP contribution is -2.52. The summed E-state index contributed by atoms with van der Waals surface area (Å²) in [5, 5.41) is 7.34. The summed E-state index contributed by atoms with van der Waals surface area (Å²) in [7, 11) is 0. The molecule has 26 heavy (non-hydrogen) atoms. The zero-order valence-electron chi connectivity index (χ0n) is 15.4. The van der Waals surface area contributed by atoms with Crippen LogP contribution in [0, 0.1) is 0 Å². The highest BCUT2D eigenvalue weighted by molar-refractivity contribution is 5.93. The predicted molar refractivity (Wildman–Crippen MR) is 96.2 cm³/mol. The van der Waals surface area contributed by atoms with E-state index in [1.165, 1.54) is 25.6 Å². The summed E-state index contributed by atoms with van der Waals surface area (Å²) < 4.78 is 7.37. The van der Waals surface area contributed by atoms with Gasteiger partial charge in [-0.3, -0.25) is 9.69 Å². The fourth-order valence-corrected chi connectivity index (χ4v) is 3.90. The third-order valence-electron chi connectivity index (χ3n) is 5.33. The van der Waals surface area contributed by atoms with E-state index in [-0.39, 0.29) is 23.9 Å². The van der Waals surface area contributed by atoms with Crippen molar-refractivity contribution in [3.05, 3.63) is 23.8 Å². The van der Waals surface area contributed by atoms with Crippen LogP contribution in [0.15, 0.2) is 12.4 Å². The molecule has 0 spiro atoms. The first kappa shape index (κ1) is 17.4. The van der Waals surface area contributed by atoms with Gasteiger partial charge in [-0.15, -0.1) is 0 Å². The summed E-state index contributed by atoms with van der Waals surface area (Å²) in [6.07, 6.45) is 5.20. The van der Waals surface area contributed by atoms with Gasteiger partial charge >= 0.3 is 0 Å². The summed E-state index contributed by atoms with van der Waals surface area (Å²) in [6, 6.07) is 2.06. The largest absolute Gasteiger partial charge is 0.378 e. The van der Waals surface area contributed by atoms with Gasteiger partial charge in [-0.1, -0.05) is 20.3 Å². The van der Waals surface area contributed by atoms with Crippen LogP contribution in [0.2, 0.25) is 0 Å². The van der Waals surface area contributed by atoms with Crippen LogP contribution >= 0.6 is 0 Å². The van der Waals surface area contributed by atoms with E-state index in [0.29, 0.717) is 24.7 Å². The molecule has 2 aromatic heterocycles. The van der Waals surface area contributed by atoms with Gasteiger partial charge in [0.25, 0.3) is 11.7 Å². The Morgan fingerprint density at radius 3 is 2.85 bits per heavy atom. The van der Waals surface area contributed by atoms with Crippen LogP contribution in [0.3, 0.4) is 0 Å². The summed E-state index contributed by atoms with van der Waals surface area (Å²) in [6.45, 7) is 7.53. The first-order valence-electron chi connectivity index (χ1n) is 9.47. The molecule has 0 unspecified atom stereocenters. The Labute approximate surface area is 152 Å². The topological polar surface area (TPSA) is 84.6 Å². The second-order valence-corrected chi connectivity index (χ2v) is 7.47.